The number of aromatic nitrogens is 1. The molecule has 0 saturated carbocycles. The SMILES string of the molecule is CSCC#Cc1cc(F)c2[nH]cc(C(=O)NCc3ccc(Cl)cc3)c(=O)c2c1. The number of hydrogen-bond donors (Lipinski definition) is 2. The summed E-state index contributed by atoms with van der Waals surface area (Å²) in [6.45, 7) is 0.238. The van der Waals surface area contributed by atoms with E-state index in [0.717, 1.165) is 5.56 Å². The van der Waals surface area contributed by atoms with Crippen molar-refractivity contribution in [1.82, 2.24) is 10.3 Å². The van der Waals surface area contributed by atoms with Crippen LogP contribution in [0.3, 0.4) is 0 Å². The van der Waals surface area contributed by atoms with Gasteiger partial charge >= 0.3 is 0 Å². The van der Waals surface area contributed by atoms with Crippen LogP contribution in [0.1, 0.15) is 21.5 Å². The maximum absolute atomic E-state index is 14.3. The van der Waals surface area contributed by atoms with E-state index in [1.807, 2.05) is 6.26 Å². The van der Waals surface area contributed by atoms with Gasteiger partial charge < -0.3 is 10.3 Å². The normalized spacial score (nSPS) is 10.4. The number of aromatic amines is 1. The van der Waals surface area contributed by atoms with Crippen molar-refractivity contribution in [3.05, 3.63) is 80.3 Å². The van der Waals surface area contributed by atoms with Crippen LogP contribution in [0.15, 0.2) is 47.4 Å². The Kier molecular flexibility index (Phi) is 6.40. The van der Waals surface area contributed by atoms with Crippen LogP contribution in [0.25, 0.3) is 10.9 Å². The van der Waals surface area contributed by atoms with Crippen molar-refractivity contribution in [3.63, 3.8) is 0 Å². The number of halogens is 2. The molecule has 0 aliphatic heterocycles. The van der Waals surface area contributed by atoms with Gasteiger partial charge in [0.15, 0.2) is 0 Å². The van der Waals surface area contributed by atoms with Gasteiger partial charge in [-0.1, -0.05) is 35.6 Å². The Bertz CT molecular complexity index is 1150. The first-order chi connectivity index (χ1) is 13.5. The molecule has 3 rings (SSSR count). The van der Waals surface area contributed by atoms with Gasteiger partial charge in [-0.3, -0.25) is 9.59 Å². The summed E-state index contributed by atoms with van der Waals surface area (Å²) in [5.74, 6) is 5.19. The van der Waals surface area contributed by atoms with Crippen LogP contribution >= 0.6 is 23.4 Å². The third-order valence-electron chi connectivity index (χ3n) is 4.00. The summed E-state index contributed by atoms with van der Waals surface area (Å²) >= 11 is 7.38. The summed E-state index contributed by atoms with van der Waals surface area (Å²) < 4.78 is 14.3. The summed E-state index contributed by atoms with van der Waals surface area (Å²) in [6, 6.07) is 9.76. The molecule has 4 nitrogen and oxygen atoms in total. The summed E-state index contributed by atoms with van der Waals surface area (Å²) in [5.41, 5.74) is 0.648. The molecule has 1 heterocycles. The number of carbonyl (C=O) groups excluding carboxylic acids is 1. The van der Waals surface area contributed by atoms with Gasteiger partial charge in [0.25, 0.3) is 5.91 Å². The molecule has 0 saturated heterocycles. The summed E-state index contributed by atoms with van der Waals surface area (Å²) in [4.78, 5) is 27.9. The van der Waals surface area contributed by atoms with Crippen LogP contribution in [0.5, 0.6) is 0 Å². The minimum atomic E-state index is -0.587. The second-order valence-corrected chi connectivity index (χ2v) is 7.26. The monoisotopic (exact) mass is 414 g/mol. The maximum Gasteiger partial charge on any atom is 0.257 e. The molecule has 0 fully saturated rings. The van der Waals surface area contributed by atoms with Crippen molar-refractivity contribution >= 4 is 40.2 Å². The average Bonchev–Trinajstić information content (AvgIpc) is 2.68. The molecule has 0 aliphatic carbocycles. The van der Waals surface area contributed by atoms with Gasteiger partial charge in [0, 0.05) is 23.3 Å². The van der Waals surface area contributed by atoms with Crippen LogP contribution in [-0.4, -0.2) is 22.9 Å². The van der Waals surface area contributed by atoms with E-state index in [1.165, 1.54) is 18.3 Å². The zero-order valence-electron chi connectivity index (χ0n) is 14.9. The fourth-order valence-electron chi connectivity index (χ4n) is 2.62. The first kappa shape index (κ1) is 20.0. The van der Waals surface area contributed by atoms with E-state index in [9.17, 15) is 14.0 Å². The van der Waals surface area contributed by atoms with Gasteiger partial charge in [0.1, 0.15) is 11.4 Å². The molecule has 0 spiro atoms. The molecule has 1 amide bonds. The Balaban J connectivity index is 1.90. The molecule has 1 aromatic heterocycles. The van der Waals surface area contributed by atoms with E-state index >= 15 is 0 Å². The molecule has 7 heteroatoms. The van der Waals surface area contributed by atoms with Crippen LogP contribution in [0.2, 0.25) is 5.02 Å². The van der Waals surface area contributed by atoms with Crippen LogP contribution in [0, 0.1) is 17.7 Å². The number of carbonyl (C=O) groups is 1. The van der Waals surface area contributed by atoms with Gasteiger partial charge in [-0.05, 0) is 36.1 Å². The lowest BCUT2D eigenvalue weighted by atomic mass is 10.1. The summed E-state index contributed by atoms with van der Waals surface area (Å²) in [5, 5.41) is 3.37. The molecule has 0 atom stereocenters. The first-order valence-corrected chi connectivity index (χ1v) is 10.1. The molecule has 0 radical (unpaired) electrons. The Morgan fingerprint density at radius 2 is 2.04 bits per heavy atom. The van der Waals surface area contributed by atoms with Gasteiger partial charge in [-0.2, -0.15) is 11.8 Å². The van der Waals surface area contributed by atoms with Gasteiger partial charge in [-0.15, -0.1) is 0 Å². The highest BCUT2D eigenvalue weighted by Crippen LogP contribution is 2.16. The number of pyridine rings is 1. The van der Waals surface area contributed by atoms with Gasteiger partial charge in [-0.25, -0.2) is 4.39 Å². The molecule has 0 bridgehead atoms. The molecule has 0 unspecified atom stereocenters. The summed E-state index contributed by atoms with van der Waals surface area (Å²) in [7, 11) is 0. The van der Waals surface area contributed by atoms with E-state index in [1.54, 1.807) is 36.0 Å². The molecular weight excluding hydrogens is 399 g/mol. The van der Waals surface area contributed by atoms with Crippen LogP contribution in [0.4, 0.5) is 4.39 Å². The number of fused-ring (bicyclic) bond motifs is 1. The lowest BCUT2D eigenvalue weighted by Gasteiger charge is -2.07. The highest BCUT2D eigenvalue weighted by atomic mass is 35.5. The second kappa shape index (κ2) is 8.96. The predicted octanol–water partition coefficient (Wildman–Crippen LogP) is 3.97. The van der Waals surface area contributed by atoms with E-state index in [-0.39, 0.29) is 23.0 Å². The number of hydrogen-bond acceptors (Lipinski definition) is 3. The van der Waals surface area contributed by atoms with E-state index < -0.39 is 17.2 Å². The standard InChI is InChI=1S/C21H16ClFN2O2S/c1-28-8-2-3-14-9-16-19(18(23)10-14)24-12-17(20(16)26)21(27)25-11-13-4-6-15(22)7-5-13/h4-7,9-10,12H,8,11H2,1H3,(H,24,26)(H,25,27). The minimum Gasteiger partial charge on any atom is -0.358 e. The third-order valence-corrected chi connectivity index (χ3v) is 4.69. The van der Waals surface area contributed by atoms with Gasteiger partial charge in [0.05, 0.1) is 16.7 Å². The predicted molar refractivity (Wildman–Crippen MR) is 112 cm³/mol. The zero-order valence-corrected chi connectivity index (χ0v) is 16.5. The number of nitrogens with one attached hydrogen (secondary N) is 2. The lowest BCUT2D eigenvalue weighted by molar-refractivity contribution is 0.0949. The average molecular weight is 415 g/mol. The van der Waals surface area contributed by atoms with Gasteiger partial charge in [0.2, 0.25) is 5.43 Å². The molecule has 3 aromatic rings. The topological polar surface area (TPSA) is 62.0 Å². The number of amides is 1. The second-order valence-electron chi connectivity index (χ2n) is 5.96. The van der Waals surface area contributed by atoms with Crippen LogP contribution < -0.4 is 10.7 Å². The molecular formula is C21H16ClFN2O2S. The third kappa shape index (κ3) is 4.56. The molecule has 2 aromatic carbocycles. The Labute approximate surface area is 170 Å². The quantitative estimate of drug-likeness (QED) is 0.635. The number of rotatable bonds is 4. The molecule has 2 N–H and O–H groups in total. The maximum atomic E-state index is 14.3. The van der Waals surface area contributed by atoms with Crippen molar-refractivity contribution in [3.8, 4) is 11.8 Å². The molecule has 0 aliphatic rings. The van der Waals surface area contributed by atoms with Crippen molar-refractivity contribution < 1.29 is 9.18 Å². The zero-order chi connectivity index (χ0) is 20.1. The Hall–Kier alpha value is -2.75. The first-order valence-electron chi connectivity index (χ1n) is 8.35. The minimum absolute atomic E-state index is 0.0506. The van der Waals surface area contributed by atoms with Crippen molar-refractivity contribution in [2.75, 3.05) is 12.0 Å². The van der Waals surface area contributed by atoms with Crippen molar-refractivity contribution in [2.24, 2.45) is 0 Å². The Morgan fingerprint density at radius 1 is 1.29 bits per heavy atom. The van der Waals surface area contributed by atoms with E-state index in [2.05, 4.69) is 22.1 Å². The number of benzene rings is 2. The smallest absolute Gasteiger partial charge is 0.257 e. The lowest BCUT2D eigenvalue weighted by Crippen LogP contribution is -2.28. The van der Waals surface area contributed by atoms with Crippen molar-refractivity contribution in [2.45, 2.75) is 6.54 Å². The largest absolute Gasteiger partial charge is 0.358 e. The van der Waals surface area contributed by atoms with Crippen LogP contribution in [-0.2, 0) is 6.54 Å². The Morgan fingerprint density at radius 3 is 2.75 bits per heavy atom. The fraction of sp³-hybridized carbons (Fsp3) is 0.143. The highest BCUT2D eigenvalue weighted by Gasteiger charge is 2.15. The highest BCUT2D eigenvalue weighted by molar-refractivity contribution is 7.98. The van der Waals surface area contributed by atoms with E-state index in [0.29, 0.717) is 16.3 Å². The molecule has 28 heavy (non-hydrogen) atoms. The number of thioether (sulfide) groups is 1. The fourth-order valence-corrected chi connectivity index (χ4v) is 2.96. The molecule has 142 valence electrons. The summed E-state index contributed by atoms with van der Waals surface area (Å²) in [6.07, 6.45) is 3.14. The number of H-pyrrole nitrogens is 1. The van der Waals surface area contributed by atoms with Crippen molar-refractivity contribution in [1.29, 1.82) is 0 Å². The van der Waals surface area contributed by atoms with E-state index in [4.69, 9.17) is 11.6 Å².